The van der Waals surface area contributed by atoms with Crippen molar-refractivity contribution < 1.29 is 5.21 Å². The molecule has 0 spiro atoms. The molecule has 3 heteroatoms. The fourth-order valence-corrected chi connectivity index (χ4v) is 1.12. The number of oxime groups is 1. The zero-order valence-corrected chi connectivity index (χ0v) is 7.45. The first-order valence-electron chi connectivity index (χ1n) is 3.23. The molecule has 0 unspecified atom stereocenters. The summed E-state index contributed by atoms with van der Waals surface area (Å²) in [6.45, 7) is 0. The molecule has 2 nitrogen and oxygen atoms in total. The fourth-order valence-electron chi connectivity index (χ4n) is 0.800. The molecule has 0 aliphatic rings. The van der Waals surface area contributed by atoms with Gasteiger partial charge in [-0.1, -0.05) is 35.5 Å². The van der Waals surface area contributed by atoms with E-state index >= 15 is 0 Å². The maximum absolute atomic E-state index is 8.34. The molecule has 0 radical (unpaired) electrons. The minimum Gasteiger partial charge on any atom is -0.410 e. The van der Waals surface area contributed by atoms with Crippen LogP contribution in [0.5, 0.6) is 0 Å². The third-order valence-electron chi connectivity index (χ3n) is 1.30. The summed E-state index contributed by atoms with van der Waals surface area (Å²) in [6.07, 6.45) is 0.636. The van der Waals surface area contributed by atoms with E-state index in [9.17, 15) is 0 Å². The number of hydrogen-bond acceptors (Lipinski definition) is 2. The average Bonchev–Trinajstić information content (AvgIpc) is 2.06. The Morgan fingerprint density at radius 3 is 2.55 bits per heavy atom. The molecule has 0 saturated carbocycles. The van der Waals surface area contributed by atoms with Gasteiger partial charge in [-0.3, -0.25) is 0 Å². The molecule has 0 amide bonds. The predicted molar refractivity (Wildman–Crippen MR) is 48.3 cm³/mol. The minimum atomic E-state index is 0.545. The van der Waals surface area contributed by atoms with E-state index in [0.29, 0.717) is 11.0 Å². The van der Waals surface area contributed by atoms with Gasteiger partial charge in [0.25, 0.3) is 0 Å². The van der Waals surface area contributed by atoms with E-state index in [-0.39, 0.29) is 0 Å². The Kier molecular flexibility index (Phi) is 3.11. The van der Waals surface area contributed by atoms with Crippen LogP contribution in [0.15, 0.2) is 35.5 Å². The van der Waals surface area contributed by atoms with Crippen molar-refractivity contribution in [2.24, 2.45) is 5.16 Å². The second-order valence-electron chi connectivity index (χ2n) is 2.14. The van der Waals surface area contributed by atoms with E-state index in [2.05, 4.69) is 21.1 Å². The summed E-state index contributed by atoms with van der Waals surface area (Å²) in [5, 5.41) is 11.4. The number of rotatable bonds is 2. The quantitative estimate of drug-likeness (QED) is 0.457. The summed E-state index contributed by atoms with van der Waals surface area (Å²) in [4.78, 5) is 0. The molecule has 1 aromatic rings. The van der Waals surface area contributed by atoms with Crippen molar-refractivity contribution >= 4 is 20.6 Å². The van der Waals surface area contributed by atoms with Gasteiger partial charge in [-0.2, -0.15) is 0 Å². The van der Waals surface area contributed by atoms with E-state index < -0.39 is 0 Å². The van der Waals surface area contributed by atoms with Crippen LogP contribution in [0.4, 0.5) is 0 Å². The van der Waals surface area contributed by atoms with E-state index in [0.717, 1.165) is 5.56 Å². The smallest absolute Gasteiger partial charge is 0.126 e. The molecule has 0 saturated heterocycles. The van der Waals surface area contributed by atoms with Crippen molar-refractivity contribution in [3.63, 3.8) is 0 Å². The summed E-state index contributed by atoms with van der Waals surface area (Å²) < 4.78 is 0.545. The molecular formula is C8H8BrNO. The molecule has 1 rings (SSSR count). The van der Waals surface area contributed by atoms with Crippen LogP contribution in [0.25, 0.3) is 0 Å². The summed E-state index contributed by atoms with van der Waals surface area (Å²) in [5.41, 5.74) is 1.12. The first-order chi connectivity index (χ1) is 5.33. The Balaban J connectivity index is 2.65. The Hall–Kier alpha value is -0.830. The monoisotopic (exact) mass is 213 g/mol. The van der Waals surface area contributed by atoms with Crippen LogP contribution in [0.1, 0.15) is 5.56 Å². The lowest BCUT2D eigenvalue weighted by atomic mass is 10.2. The zero-order chi connectivity index (χ0) is 8.10. The van der Waals surface area contributed by atoms with Gasteiger partial charge in [-0.05, 0) is 21.5 Å². The largest absolute Gasteiger partial charge is 0.410 e. The van der Waals surface area contributed by atoms with E-state index in [1.807, 2.05) is 30.3 Å². The molecule has 11 heavy (non-hydrogen) atoms. The maximum atomic E-state index is 8.34. The third kappa shape index (κ3) is 2.72. The highest BCUT2D eigenvalue weighted by molar-refractivity contribution is 9.18. The predicted octanol–water partition coefficient (Wildman–Crippen LogP) is 2.41. The highest BCUT2D eigenvalue weighted by Crippen LogP contribution is 2.03. The molecule has 0 aliphatic carbocycles. The second-order valence-corrected chi connectivity index (χ2v) is 3.05. The summed E-state index contributed by atoms with van der Waals surface area (Å²) in [6, 6.07) is 9.81. The molecule has 58 valence electrons. The minimum absolute atomic E-state index is 0.545. The molecule has 0 atom stereocenters. The Morgan fingerprint density at radius 2 is 2.00 bits per heavy atom. The van der Waals surface area contributed by atoms with Crippen LogP contribution in [-0.4, -0.2) is 9.83 Å². The van der Waals surface area contributed by atoms with Crippen LogP contribution in [0.3, 0.4) is 0 Å². The van der Waals surface area contributed by atoms with Gasteiger partial charge in [0.15, 0.2) is 0 Å². The van der Waals surface area contributed by atoms with Crippen LogP contribution >= 0.6 is 15.9 Å². The average molecular weight is 214 g/mol. The topological polar surface area (TPSA) is 32.6 Å². The molecule has 1 aromatic carbocycles. The summed E-state index contributed by atoms with van der Waals surface area (Å²) in [5.74, 6) is 0. The standard InChI is InChI=1S/C8H8BrNO/c9-8(10-11)6-7-4-2-1-3-5-7/h1-5,11H,6H2. The molecular weight excluding hydrogens is 206 g/mol. The molecule has 0 aliphatic heterocycles. The van der Waals surface area contributed by atoms with Crippen molar-refractivity contribution in [1.29, 1.82) is 0 Å². The number of nitrogens with zero attached hydrogens (tertiary/aromatic N) is 1. The Morgan fingerprint density at radius 1 is 1.36 bits per heavy atom. The van der Waals surface area contributed by atoms with Gasteiger partial charge in [0.2, 0.25) is 0 Å². The van der Waals surface area contributed by atoms with Crippen molar-refractivity contribution in [3.8, 4) is 0 Å². The SMILES string of the molecule is ON=C(Br)Cc1ccccc1. The normalized spacial score (nSPS) is 11.5. The lowest BCUT2D eigenvalue weighted by molar-refractivity contribution is 0.320. The maximum Gasteiger partial charge on any atom is 0.126 e. The lowest BCUT2D eigenvalue weighted by Crippen LogP contribution is -1.92. The Labute approximate surface area is 73.7 Å². The third-order valence-corrected chi connectivity index (χ3v) is 1.74. The lowest BCUT2D eigenvalue weighted by Gasteiger charge is -1.95. The van der Waals surface area contributed by atoms with Gasteiger partial charge in [0.05, 0.1) is 0 Å². The first-order valence-corrected chi connectivity index (χ1v) is 4.02. The molecule has 0 bridgehead atoms. The van der Waals surface area contributed by atoms with Crippen LogP contribution in [0, 0.1) is 0 Å². The van der Waals surface area contributed by atoms with Crippen LogP contribution in [0.2, 0.25) is 0 Å². The molecule has 0 heterocycles. The number of halogens is 1. The van der Waals surface area contributed by atoms with Gasteiger partial charge in [-0.25, -0.2) is 0 Å². The van der Waals surface area contributed by atoms with Crippen LogP contribution in [-0.2, 0) is 6.42 Å². The zero-order valence-electron chi connectivity index (χ0n) is 5.87. The second kappa shape index (κ2) is 4.13. The van der Waals surface area contributed by atoms with Gasteiger partial charge in [-0.15, -0.1) is 0 Å². The van der Waals surface area contributed by atoms with Gasteiger partial charge in [0.1, 0.15) is 4.62 Å². The Bertz CT molecular complexity index is 246. The highest BCUT2D eigenvalue weighted by Gasteiger charge is 1.95. The number of hydrogen-bond donors (Lipinski definition) is 1. The van der Waals surface area contributed by atoms with E-state index in [4.69, 9.17) is 5.21 Å². The van der Waals surface area contributed by atoms with Gasteiger partial charge >= 0.3 is 0 Å². The fraction of sp³-hybridized carbons (Fsp3) is 0.125. The molecule has 0 fully saturated rings. The van der Waals surface area contributed by atoms with Gasteiger partial charge in [0, 0.05) is 6.42 Å². The summed E-state index contributed by atoms with van der Waals surface area (Å²) in [7, 11) is 0. The highest BCUT2D eigenvalue weighted by atomic mass is 79.9. The van der Waals surface area contributed by atoms with Crippen molar-refractivity contribution in [3.05, 3.63) is 35.9 Å². The molecule has 0 aromatic heterocycles. The number of benzene rings is 1. The van der Waals surface area contributed by atoms with Crippen molar-refractivity contribution in [1.82, 2.24) is 0 Å². The molecule has 1 N–H and O–H groups in total. The van der Waals surface area contributed by atoms with Gasteiger partial charge < -0.3 is 5.21 Å². The van der Waals surface area contributed by atoms with Crippen molar-refractivity contribution in [2.45, 2.75) is 6.42 Å². The van der Waals surface area contributed by atoms with Crippen molar-refractivity contribution in [2.75, 3.05) is 0 Å². The summed E-state index contributed by atoms with van der Waals surface area (Å²) >= 11 is 3.11. The van der Waals surface area contributed by atoms with Crippen LogP contribution < -0.4 is 0 Å². The van der Waals surface area contributed by atoms with E-state index in [1.54, 1.807) is 0 Å². The van der Waals surface area contributed by atoms with E-state index in [1.165, 1.54) is 0 Å². The first kappa shape index (κ1) is 8.27.